The summed E-state index contributed by atoms with van der Waals surface area (Å²) in [6, 6.07) is 7.54. The van der Waals surface area contributed by atoms with E-state index in [-0.39, 0.29) is 23.6 Å². The van der Waals surface area contributed by atoms with Gasteiger partial charge in [-0.3, -0.25) is 4.79 Å². The minimum Gasteiger partial charge on any atom is -0.481 e. The molecule has 1 amide bonds. The predicted molar refractivity (Wildman–Crippen MR) is 114 cm³/mol. The fraction of sp³-hybridized carbons (Fsp3) is 0.350. The molecule has 4 rings (SSSR count). The lowest BCUT2D eigenvalue weighted by Gasteiger charge is -2.29. The van der Waals surface area contributed by atoms with Crippen LogP contribution in [0, 0.1) is 0 Å². The third-order valence-electron chi connectivity index (χ3n) is 5.27. The number of carbonyl (C=O) groups excluding carboxylic acids is 1. The molecule has 0 radical (unpaired) electrons. The summed E-state index contributed by atoms with van der Waals surface area (Å²) >= 11 is 0. The molecule has 1 saturated carbocycles. The number of rotatable bonds is 6. The molecule has 10 heteroatoms. The first-order valence-electron chi connectivity index (χ1n) is 9.82. The second-order valence-electron chi connectivity index (χ2n) is 7.24. The van der Waals surface area contributed by atoms with E-state index in [0.717, 1.165) is 36.5 Å². The van der Waals surface area contributed by atoms with Gasteiger partial charge in [-0.25, -0.2) is 4.98 Å². The van der Waals surface area contributed by atoms with Crippen LogP contribution in [0.1, 0.15) is 36.2 Å². The summed E-state index contributed by atoms with van der Waals surface area (Å²) in [5, 5.41) is 16.1. The Morgan fingerprint density at radius 3 is 2.77 bits per heavy atom. The first kappa shape index (κ1) is 19.8. The molecule has 30 heavy (non-hydrogen) atoms. The van der Waals surface area contributed by atoms with E-state index in [4.69, 9.17) is 16.2 Å². The first-order chi connectivity index (χ1) is 14.6. The zero-order valence-corrected chi connectivity index (χ0v) is 16.6. The standard InChI is InChI=1S/C20H24N8O2/c1-30-19-12-5-4-8-14(11(12)9-10-23-19)24-18-16(17(22)29)27-28-20(26-18)25-15-7-3-2-6-13(15)21/h4-5,8-10,13,15H,2-3,6-7,21H2,1H3,(H2,22,29)(H2,24,25,26,28)/t13-,15+/m0/s1. The first-order valence-corrected chi connectivity index (χ1v) is 9.82. The molecule has 1 aliphatic rings. The SMILES string of the molecule is COc1nccc2c(Nc3nc(N[C@@H]4CCCC[C@@H]4N)nnc3C(N)=O)cccc12. The van der Waals surface area contributed by atoms with Crippen molar-refractivity contribution in [1.82, 2.24) is 20.2 Å². The molecule has 2 atom stereocenters. The molecule has 156 valence electrons. The third kappa shape index (κ3) is 3.94. The van der Waals surface area contributed by atoms with Gasteiger partial charge in [0.2, 0.25) is 11.8 Å². The monoisotopic (exact) mass is 408 g/mol. The Balaban J connectivity index is 1.69. The van der Waals surface area contributed by atoms with E-state index in [2.05, 4.69) is 30.8 Å². The van der Waals surface area contributed by atoms with Gasteiger partial charge in [0.1, 0.15) is 0 Å². The molecule has 0 unspecified atom stereocenters. The van der Waals surface area contributed by atoms with Gasteiger partial charge in [-0.15, -0.1) is 10.2 Å². The van der Waals surface area contributed by atoms with Crippen LogP contribution in [-0.4, -0.2) is 45.3 Å². The Labute approximate surface area is 173 Å². The summed E-state index contributed by atoms with van der Waals surface area (Å²) in [5.74, 6) is 0.288. The van der Waals surface area contributed by atoms with Gasteiger partial charge >= 0.3 is 0 Å². The van der Waals surface area contributed by atoms with Crippen LogP contribution >= 0.6 is 0 Å². The number of nitrogens with zero attached hydrogens (tertiary/aromatic N) is 4. The fourth-order valence-corrected chi connectivity index (χ4v) is 3.72. The maximum Gasteiger partial charge on any atom is 0.273 e. The average Bonchev–Trinajstić information content (AvgIpc) is 2.75. The Kier molecular flexibility index (Phi) is 5.57. The maximum atomic E-state index is 11.9. The van der Waals surface area contributed by atoms with Gasteiger partial charge in [-0.05, 0) is 31.0 Å². The van der Waals surface area contributed by atoms with Crippen molar-refractivity contribution in [3.05, 3.63) is 36.2 Å². The van der Waals surface area contributed by atoms with Crippen LogP contribution in [0.5, 0.6) is 5.88 Å². The van der Waals surface area contributed by atoms with Crippen molar-refractivity contribution >= 4 is 34.1 Å². The van der Waals surface area contributed by atoms with Gasteiger partial charge in [-0.1, -0.05) is 18.9 Å². The number of anilines is 3. The fourth-order valence-electron chi connectivity index (χ4n) is 3.72. The number of nitrogens with one attached hydrogen (secondary N) is 2. The number of pyridine rings is 1. The maximum absolute atomic E-state index is 11.9. The number of ether oxygens (including phenoxy) is 1. The number of benzene rings is 1. The van der Waals surface area contributed by atoms with Crippen LogP contribution in [0.3, 0.4) is 0 Å². The summed E-state index contributed by atoms with van der Waals surface area (Å²) in [4.78, 5) is 20.6. The third-order valence-corrected chi connectivity index (χ3v) is 5.27. The van der Waals surface area contributed by atoms with E-state index in [9.17, 15) is 4.79 Å². The number of hydrogen-bond donors (Lipinski definition) is 4. The van der Waals surface area contributed by atoms with Gasteiger partial charge in [-0.2, -0.15) is 4.98 Å². The molecule has 3 aromatic rings. The second kappa shape index (κ2) is 8.46. The van der Waals surface area contributed by atoms with Crippen LogP contribution in [0.2, 0.25) is 0 Å². The van der Waals surface area contributed by atoms with Gasteiger partial charge in [0.15, 0.2) is 11.5 Å². The van der Waals surface area contributed by atoms with Crippen LogP contribution in [0.4, 0.5) is 17.5 Å². The summed E-state index contributed by atoms with van der Waals surface area (Å²) in [7, 11) is 1.56. The summed E-state index contributed by atoms with van der Waals surface area (Å²) < 4.78 is 5.34. The second-order valence-corrected chi connectivity index (χ2v) is 7.24. The van der Waals surface area contributed by atoms with Crippen LogP contribution in [0.15, 0.2) is 30.5 Å². The highest BCUT2D eigenvalue weighted by atomic mass is 16.5. The minimum atomic E-state index is -0.724. The minimum absolute atomic E-state index is 0.0209. The zero-order chi connectivity index (χ0) is 21.1. The molecule has 2 aromatic heterocycles. The van der Waals surface area contributed by atoms with Crippen molar-refractivity contribution in [1.29, 1.82) is 0 Å². The Morgan fingerprint density at radius 2 is 2.00 bits per heavy atom. The van der Waals surface area contributed by atoms with Crippen LogP contribution in [-0.2, 0) is 0 Å². The van der Waals surface area contributed by atoms with E-state index in [1.807, 2.05) is 24.3 Å². The summed E-state index contributed by atoms with van der Waals surface area (Å²) in [6.07, 6.45) is 5.74. The van der Waals surface area contributed by atoms with Crippen LogP contribution in [0.25, 0.3) is 10.8 Å². The lowest BCUT2D eigenvalue weighted by molar-refractivity contribution is 0.0995. The Bertz CT molecular complexity index is 1070. The molecule has 1 aliphatic carbocycles. The molecule has 1 aromatic carbocycles. The predicted octanol–water partition coefficient (Wildman–Crippen LogP) is 1.95. The molecule has 0 saturated heterocycles. The van der Waals surface area contributed by atoms with Crippen molar-refractivity contribution in [3.63, 3.8) is 0 Å². The van der Waals surface area contributed by atoms with Gasteiger partial charge in [0.05, 0.1) is 7.11 Å². The topological polar surface area (TPSA) is 154 Å². The van der Waals surface area contributed by atoms with Crippen molar-refractivity contribution in [2.75, 3.05) is 17.7 Å². The molecule has 6 N–H and O–H groups in total. The lowest BCUT2D eigenvalue weighted by atomic mass is 9.91. The van der Waals surface area contributed by atoms with Gasteiger partial charge in [0.25, 0.3) is 5.91 Å². The number of hydrogen-bond acceptors (Lipinski definition) is 9. The highest BCUT2D eigenvalue weighted by molar-refractivity contribution is 6.00. The molecule has 10 nitrogen and oxygen atoms in total. The molecule has 2 heterocycles. The number of aromatic nitrogens is 4. The van der Waals surface area contributed by atoms with E-state index >= 15 is 0 Å². The van der Waals surface area contributed by atoms with Crippen molar-refractivity contribution in [3.8, 4) is 5.88 Å². The number of carbonyl (C=O) groups is 1. The normalized spacial score (nSPS) is 18.7. The lowest BCUT2D eigenvalue weighted by Crippen LogP contribution is -2.43. The molecule has 0 bridgehead atoms. The summed E-state index contributed by atoms with van der Waals surface area (Å²) in [6.45, 7) is 0. The van der Waals surface area contributed by atoms with Gasteiger partial charge in [0, 0.05) is 34.7 Å². The van der Waals surface area contributed by atoms with Crippen molar-refractivity contribution in [2.45, 2.75) is 37.8 Å². The largest absolute Gasteiger partial charge is 0.481 e. The van der Waals surface area contributed by atoms with E-state index < -0.39 is 5.91 Å². The number of amides is 1. The van der Waals surface area contributed by atoms with Crippen LogP contribution < -0.4 is 26.8 Å². The van der Waals surface area contributed by atoms with Crippen molar-refractivity contribution < 1.29 is 9.53 Å². The highest BCUT2D eigenvalue weighted by Gasteiger charge is 2.23. The van der Waals surface area contributed by atoms with E-state index in [0.29, 0.717) is 17.5 Å². The number of fused-ring (bicyclic) bond motifs is 1. The molecular formula is C20H24N8O2. The molecule has 1 fully saturated rings. The number of nitrogens with two attached hydrogens (primary N) is 2. The van der Waals surface area contributed by atoms with Crippen molar-refractivity contribution in [2.24, 2.45) is 11.5 Å². The average molecular weight is 408 g/mol. The van der Waals surface area contributed by atoms with Gasteiger partial charge < -0.3 is 26.8 Å². The molecular weight excluding hydrogens is 384 g/mol. The van der Waals surface area contributed by atoms with E-state index in [1.54, 1.807) is 13.3 Å². The Morgan fingerprint density at radius 1 is 1.17 bits per heavy atom. The van der Waals surface area contributed by atoms with E-state index in [1.165, 1.54) is 0 Å². The Hall–Kier alpha value is -3.53. The highest BCUT2D eigenvalue weighted by Crippen LogP contribution is 2.31. The number of methoxy groups -OCH3 is 1. The summed E-state index contributed by atoms with van der Waals surface area (Å²) in [5.41, 5.74) is 12.4. The quantitative estimate of drug-likeness (QED) is 0.479. The molecule has 0 spiro atoms. The number of primary amides is 1. The zero-order valence-electron chi connectivity index (χ0n) is 16.6. The molecule has 0 aliphatic heterocycles. The smallest absolute Gasteiger partial charge is 0.273 e.